The molecule has 5 nitrogen and oxygen atoms in total. The zero-order valence-corrected chi connectivity index (χ0v) is 11.5. The second-order valence-electron chi connectivity index (χ2n) is 4.24. The normalized spacial score (nSPS) is 10.6. The van der Waals surface area contributed by atoms with Gasteiger partial charge in [-0.1, -0.05) is 16.7 Å². The van der Waals surface area contributed by atoms with Crippen LogP contribution >= 0.6 is 11.6 Å². The third kappa shape index (κ3) is 3.17. The van der Waals surface area contributed by atoms with Crippen molar-refractivity contribution in [1.29, 1.82) is 0 Å². The smallest absolute Gasteiger partial charge is 0.316 e. The Morgan fingerprint density at radius 1 is 1.14 bits per heavy atom. The van der Waals surface area contributed by atoms with Crippen molar-refractivity contribution >= 4 is 17.6 Å². The van der Waals surface area contributed by atoms with E-state index < -0.39 is 0 Å². The molecule has 2 heterocycles. The highest BCUT2D eigenvalue weighted by molar-refractivity contribution is 6.30. The summed E-state index contributed by atoms with van der Waals surface area (Å²) in [6.45, 7) is 0.199. The number of rotatable bonds is 4. The number of benzene rings is 1. The van der Waals surface area contributed by atoms with Crippen molar-refractivity contribution in [3.63, 3.8) is 0 Å². The number of pyridine rings is 1. The Kier molecular flexibility index (Phi) is 3.79. The maximum Gasteiger partial charge on any atom is 0.316 e. The maximum absolute atomic E-state index is 13.6. The Bertz CT molecular complexity index is 748. The van der Waals surface area contributed by atoms with E-state index in [1.165, 1.54) is 12.1 Å². The van der Waals surface area contributed by atoms with Crippen LogP contribution in [0.2, 0.25) is 5.02 Å². The summed E-state index contributed by atoms with van der Waals surface area (Å²) in [6, 6.07) is 8.08. The fourth-order valence-corrected chi connectivity index (χ4v) is 1.95. The Hall–Kier alpha value is -2.47. The third-order valence-corrected chi connectivity index (χ3v) is 3.03. The van der Waals surface area contributed by atoms with E-state index in [1.807, 2.05) is 0 Å². The van der Waals surface area contributed by atoms with Crippen molar-refractivity contribution in [2.75, 3.05) is 5.32 Å². The summed E-state index contributed by atoms with van der Waals surface area (Å²) < 4.78 is 19.0. The van der Waals surface area contributed by atoms with Crippen molar-refractivity contribution in [1.82, 2.24) is 15.2 Å². The van der Waals surface area contributed by atoms with Gasteiger partial charge < -0.3 is 9.73 Å². The molecule has 21 heavy (non-hydrogen) atoms. The summed E-state index contributed by atoms with van der Waals surface area (Å²) in [5.74, 6) is 0.0206. The minimum absolute atomic E-state index is 0.199. The minimum Gasteiger partial charge on any atom is -0.403 e. The molecule has 0 saturated heterocycles. The molecule has 0 saturated carbocycles. The molecule has 7 heteroatoms. The molecule has 0 aliphatic rings. The highest BCUT2D eigenvalue weighted by Crippen LogP contribution is 2.20. The topological polar surface area (TPSA) is 63.8 Å². The van der Waals surface area contributed by atoms with Gasteiger partial charge in [-0.2, -0.15) is 0 Å². The Morgan fingerprint density at radius 2 is 1.95 bits per heavy atom. The first-order valence-corrected chi connectivity index (χ1v) is 6.52. The zero-order chi connectivity index (χ0) is 14.7. The summed E-state index contributed by atoms with van der Waals surface area (Å²) in [6.07, 6.45) is 3.27. The molecule has 0 radical (unpaired) electrons. The van der Waals surface area contributed by atoms with Crippen molar-refractivity contribution in [3.8, 4) is 11.5 Å². The molecule has 0 amide bonds. The van der Waals surface area contributed by atoms with Crippen LogP contribution in [0.4, 0.5) is 10.4 Å². The molecule has 0 bridgehead atoms. The van der Waals surface area contributed by atoms with Crippen LogP contribution in [0.1, 0.15) is 5.56 Å². The predicted molar refractivity (Wildman–Crippen MR) is 76.3 cm³/mol. The van der Waals surface area contributed by atoms with E-state index in [-0.39, 0.29) is 18.4 Å². The third-order valence-electron chi connectivity index (χ3n) is 2.79. The summed E-state index contributed by atoms with van der Waals surface area (Å²) in [5, 5.41) is 11.1. The molecule has 0 unspecified atom stereocenters. The fourth-order valence-electron chi connectivity index (χ4n) is 1.76. The molecule has 2 aromatic heterocycles. The molecular formula is C14H10ClFN4O. The van der Waals surface area contributed by atoms with Gasteiger partial charge in [-0.3, -0.25) is 4.98 Å². The number of hydrogen-bond acceptors (Lipinski definition) is 5. The molecule has 3 rings (SSSR count). The van der Waals surface area contributed by atoms with Gasteiger partial charge in [0.2, 0.25) is 5.89 Å². The average molecular weight is 305 g/mol. The van der Waals surface area contributed by atoms with E-state index in [1.54, 1.807) is 30.6 Å². The molecule has 3 aromatic rings. The summed E-state index contributed by atoms with van der Waals surface area (Å²) in [4.78, 5) is 3.91. The van der Waals surface area contributed by atoms with Gasteiger partial charge in [0.1, 0.15) is 5.82 Å². The lowest BCUT2D eigenvalue weighted by Crippen LogP contribution is -2.02. The van der Waals surface area contributed by atoms with Gasteiger partial charge in [-0.25, -0.2) is 4.39 Å². The first kappa shape index (κ1) is 13.5. The van der Waals surface area contributed by atoms with Crippen LogP contribution in [0.5, 0.6) is 0 Å². The highest BCUT2D eigenvalue weighted by Gasteiger charge is 2.09. The van der Waals surface area contributed by atoms with Crippen molar-refractivity contribution in [2.45, 2.75) is 6.54 Å². The second kappa shape index (κ2) is 5.88. The van der Waals surface area contributed by atoms with Crippen molar-refractivity contribution in [2.24, 2.45) is 0 Å². The van der Waals surface area contributed by atoms with Gasteiger partial charge in [-0.15, -0.1) is 5.10 Å². The lowest BCUT2D eigenvalue weighted by atomic mass is 10.2. The number of halogens is 2. The van der Waals surface area contributed by atoms with E-state index in [4.69, 9.17) is 16.0 Å². The summed E-state index contributed by atoms with van der Waals surface area (Å²) >= 11 is 5.83. The minimum atomic E-state index is -0.347. The van der Waals surface area contributed by atoms with E-state index in [2.05, 4.69) is 20.5 Å². The molecule has 0 aliphatic heterocycles. The van der Waals surface area contributed by atoms with Crippen LogP contribution in [0, 0.1) is 5.82 Å². The van der Waals surface area contributed by atoms with Crippen LogP contribution < -0.4 is 5.32 Å². The molecular weight excluding hydrogens is 295 g/mol. The quantitative estimate of drug-likeness (QED) is 0.798. The molecule has 0 aliphatic carbocycles. The van der Waals surface area contributed by atoms with Crippen LogP contribution in [-0.2, 0) is 6.54 Å². The molecule has 106 valence electrons. The Morgan fingerprint density at radius 3 is 2.76 bits per heavy atom. The van der Waals surface area contributed by atoms with Crippen LogP contribution in [0.3, 0.4) is 0 Å². The van der Waals surface area contributed by atoms with Crippen LogP contribution in [0.25, 0.3) is 11.5 Å². The van der Waals surface area contributed by atoms with Gasteiger partial charge >= 0.3 is 6.01 Å². The molecule has 0 fully saturated rings. The SMILES string of the molecule is Fc1ccc(Cl)cc1CNc1nnc(-c2ccncc2)o1. The van der Waals surface area contributed by atoms with Crippen LogP contribution in [0.15, 0.2) is 47.1 Å². The number of hydrogen-bond donors (Lipinski definition) is 1. The van der Waals surface area contributed by atoms with Gasteiger partial charge in [-0.05, 0) is 30.3 Å². The molecule has 0 spiro atoms. The van der Waals surface area contributed by atoms with E-state index >= 15 is 0 Å². The molecule has 0 atom stereocenters. The van der Waals surface area contributed by atoms with E-state index in [0.717, 1.165) is 5.56 Å². The maximum atomic E-state index is 13.6. The summed E-state index contributed by atoms with van der Waals surface area (Å²) in [7, 11) is 0. The van der Waals surface area contributed by atoms with Crippen molar-refractivity contribution < 1.29 is 8.81 Å². The van der Waals surface area contributed by atoms with Gasteiger partial charge in [0.05, 0.1) is 0 Å². The number of aromatic nitrogens is 3. The lowest BCUT2D eigenvalue weighted by Gasteiger charge is -2.03. The second-order valence-corrected chi connectivity index (χ2v) is 4.67. The zero-order valence-electron chi connectivity index (χ0n) is 10.8. The Labute approximate surface area is 124 Å². The predicted octanol–water partition coefficient (Wildman–Crippen LogP) is 3.54. The largest absolute Gasteiger partial charge is 0.403 e. The van der Waals surface area contributed by atoms with Gasteiger partial charge in [0.15, 0.2) is 0 Å². The lowest BCUT2D eigenvalue weighted by molar-refractivity contribution is 0.576. The van der Waals surface area contributed by atoms with Gasteiger partial charge in [0, 0.05) is 35.1 Å². The summed E-state index contributed by atoms with van der Waals surface area (Å²) in [5.41, 5.74) is 1.19. The first-order chi connectivity index (χ1) is 10.2. The molecule has 1 N–H and O–H groups in total. The van der Waals surface area contributed by atoms with Crippen LogP contribution in [-0.4, -0.2) is 15.2 Å². The van der Waals surface area contributed by atoms with Gasteiger partial charge in [0.25, 0.3) is 0 Å². The molecule has 1 aromatic carbocycles. The average Bonchev–Trinajstić information content (AvgIpc) is 2.98. The van der Waals surface area contributed by atoms with Crippen molar-refractivity contribution in [3.05, 3.63) is 59.1 Å². The monoisotopic (exact) mass is 304 g/mol. The van der Waals surface area contributed by atoms with E-state index in [0.29, 0.717) is 16.5 Å². The van der Waals surface area contributed by atoms with E-state index in [9.17, 15) is 4.39 Å². The Balaban J connectivity index is 1.72. The first-order valence-electron chi connectivity index (χ1n) is 6.14. The standard InChI is InChI=1S/C14H10ClFN4O/c15-11-1-2-12(16)10(7-11)8-18-14-20-19-13(21-14)9-3-5-17-6-4-9/h1-7H,8H2,(H,18,20). The highest BCUT2D eigenvalue weighted by atomic mass is 35.5. The number of nitrogens with zero attached hydrogens (tertiary/aromatic N) is 3. The number of nitrogens with one attached hydrogen (secondary N) is 1. The number of anilines is 1. The fraction of sp³-hybridized carbons (Fsp3) is 0.0714.